The Morgan fingerprint density at radius 3 is 2.42 bits per heavy atom. The number of nitrogens with zero attached hydrogens (tertiary/aromatic N) is 5. The molecule has 2 saturated heterocycles. The van der Waals surface area contributed by atoms with Gasteiger partial charge in [-0.25, -0.2) is 4.98 Å². The van der Waals surface area contributed by atoms with Gasteiger partial charge in [0, 0.05) is 63.2 Å². The summed E-state index contributed by atoms with van der Waals surface area (Å²) in [5.74, 6) is 1.53. The molecule has 1 saturated carbocycles. The van der Waals surface area contributed by atoms with Crippen molar-refractivity contribution >= 4 is 17.6 Å². The van der Waals surface area contributed by atoms with E-state index < -0.39 is 0 Å². The molecule has 0 spiro atoms. The van der Waals surface area contributed by atoms with Gasteiger partial charge in [-0.05, 0) is 80.9 Å². The molecule has 1 aliphatic carbocycles. The largest absolute Gasteiger partial charge is 0.384 e. The topological polar surface area (TPSA) is 95.7 Å². The van der Waals surface area contributed by atoms with Gasteiger partial charge in [-0.15, -0.1) is 0 Å². The monoisotopic (exact) mass is 490 g/mol. The number of anilines is 1. The Hall–Kier alpha value is -3.00. The summed E-state index contributed by atoms with van der Waals surface area (Å²) in [5.41, 5.74) is 7.84. The third-order valence-electron chi connectivity index (χ3n) is 8.61. The number of hydrogen-bond acceptors (Lipinski definition) is 6. The molecule has 2 amide bonds. The first kappa shape index (κ1) is 24.7. The van der Waals surface area contributed by atoms with Crippen LogP contribution in [0.5, 0.6) is 0 Å². The lowest BCUT2D eigenvalue weighted by Gasteiger charge is -2.39. The molecule has 192 valence electrons. The number of likely N-dealkylation sites (tertiary alicyclic amines) is 2. The number of rotatable bonds is 6. The second-order valence-corrected chi connectivity index (χ2v) is 11.0. The van der Waals surface area contributed by atoms with Crippen LogP contribution in [0.15, 0.2) is 42.7 Å². The first-order valence-corrected chi connectivity index (χ1v) is 13.2. The molecule has 3 fully saturated rings. The van der Waals surface area contributed by atoms with Gasteiger partial charge < -0.3 is 15.5 Å². The lowest BCUT2D eigenvalue weighted by Crippen LogP contribution is -2.47. The summed E-state index contributed by atoms with van der Waals surface area (Å²) in [4.78, 5) is 41.2. The van der Waals surface area contributed by atoms with Crippen LogP contribution >= 0.6 is 0 Å². The fourth-order valence-electron chi connectivity index (χ4n) is 6.54. The molecule has 0 radical (unpaired) electrons. The third kappa shape index (κ3) is 4.83. The lowest BCUT2D eigenvalue weighted by molar-refractivity contribution is -0.139. The fraction of sp³-hybridized carbons (Fsp3) is 0.571. The standard InChI is InChI=1S/C28H38N6O2/c1-32(2)27(36)23-18-28(23,24-5-3-4-11-30-24)22-9-15-34(16-10-22)26(35)21-7-13-33(14-8-21)19-20-6-12-31-25(29)17-20/h3-6,11-12,17,21-23H,7-10,13-16,18-19H2,1-2H3,(H2,29,31)/t23-,28-/m1/s1. The Labute approximate surface area is 213 Å². The minimum atomic E-state index is -0.181. The summed E-state index contributed by atoms with van der Waals surface area (Å²) in [6.07, 6.45) is 8.11. The quantitative estimate of drug-likeness (QED) is 0.669. The molecular formula is C28H38N6O2. The minimum absolute atomic E-state index is 0.00488. The van der Waals surface area contributed by atoms with E-state index in [-0.39, 0.29) is 23.2 Å². The Kier molecular flexibility index (Phi) is 6.97. The van der Waals surface area contributed by atoms with E-state index in [9.17, 15) is 9.59 Å². The normalized spacial score (nSPS) is 25.5. The highest BCUT2D eigenvalue weighted by atomic mass is 16.2. The van der Waals surface area contributed by atoms with Crippen LogP contribution in [0.25, 0.3) is 0 Å². The highest BCUT2D eigenvalue weighted by Crippen LogP contribution is 2.61. The van der Waals surface area contributed by atoms with Gasteiger partial charge in [0.1, 0.15) is 5.82 Å². The summed E-state index contributed by atoms with van der Waals surface area (Å²) < 4.78 is 0. The zero-order valence-corrected chi connectivity index (χ0v) is 21.5. The van der Waals surface area contributed by atoms with E-state index in [0.717, 1.165) is 70.5 Å². The van der Waals surface area contributed by atoms with Crippen molar-refractivity contribution in [2.75, 3.05) is 46.0 Å². The van der Waals surface area contributed by atoms with Crippen LogP contribution in [0.4, 0.5) is 5.82 Å². The SMILES string of the molecule is CN(C)C(=O)[C@H]1C[C@@]1(c1ccccn1)C1CCN(C(=O)C2CCN(Cc3ccnc(N)c3)CC2)CC1. The molecule has 8 heteroatoms. The van der Waals surface area contributed by atoms with Gasteiger partial charge in [-0.1, -0.05) is 6.07 Å². The summed E-state index contributed by atoms with van der Waals surface area (Å²) in [5, 5.41) is 0. The van der Waals surface area contributed by atoms with Gasteiger partial charge in [-0.3, -0.25) is 19.5 Å². The van der Waals surface area contributed by atoms with E-state index in [0.29, 0.717) is 17.6 Å². The van der Waals surface area contributed by atoms with E-state index in [2.05, 4.69) is 25.8 Å². The van der Waals surface area contributed by atoms with Gasteiger partial charge in [0.15, 0.2) is 0 Å². The summed E-state index contributed by atoms with van der Waals surface area (Å²) >= 11 is 0. The van der Waals surface area contributed by atoms with Gasteiger partial charge >= 0.3 is 0 Å². The van der Waals surface area contributed by atoms with Crippen LogP contribution in [0.3, 0.4) is 0 Å². The average molecular weight is 491 g/mol. The number of piperidine rings is 2. The summed E-state index contributed by atoms with van der Waals surface area (Å²) in [6, 6.07) is 9.96. The first-order valence-electron chi connectivity index (χ1n) is 13.2. The van der Waals surface area contributed by atoms with E-state index >= 15 is 0 Å². The van der Waals surface area contributed by atoms with Crippen molar-refractivity contribution in [3.05, 3.63) is 54.0 Å². The molecule has 2 atom stereocenters. The number of carbonyl (C=O) groups excluding carboxylic acids is 2. The Morgan fingerprint density at radius 1 is 1.03 bits per heavy atom. The van der Waals surface area contributed by atoms with Crippen molar-refractivity contribution in [1.29, 1.82) is 0 Å². The molecule has 2 aliphatic heterocycles. The summed E-state index contributed by atoms with van der Waals surface area (Å²) in [6.45, 7) is 4.24. The highest BCUT2D eigenvalue weighted by Gasteiger charge is 2.64. The molecule has 8 nitrogen and oxygen atoms in total. The van der Waals surface area contributed by atoms with E-state index in [1.165, 1.54) is 5.56 Å². The van der Waals surface area contributed by atoms with Crippen molar-refractivity contribution in [3.63, 3.8) is 0 Å². The second kappa shape index (κ2) is 10.2. The second-order valence-electron chi connectivity index (χ2n) is 11.0. The van der Waals surface area contributed by atoms with Crippen molar-refractivity contribution < 1.29 is 9.59 Å². The van der Waals surface area contributed by atoms with Crippen molar-refractivity contribution in [1.82, 2.24) is 24.7 Å². The first-order chi connectivity index (χ1) is 17.4. The average Bonchev–Trinajstić information content (AvgIpc) is 3.66. The maximum Gasteiger partial charge on any atom is 0.226 e. The molecule has 36 heavy (non-hydrogen) atoms. The van der Waals surface area contributed by atoms with Crippen molar-refractivity contribution in [2.24, 2.45) is 17.8 Å². The molecule has 2 N–H and O–H groups in total. The number of amides is 2. The van der Waals surface area contributed by atoms with Crippen LogP contribution < -0.4 is 5.73 Å². The molecular weight excluding hydrogens is 452 g/mol. The van der Waals surface area contributed by atoms with Crippen molar-refractivity contribution in [3.8, 4) is 0 Å². The predicted octanol–water partition coefficient (Wildman–Crippen LogP) is 2.56. The van der Waals surface area contributed by atoms with Gasteiger partial charge in [0.05, 0.1) is 5.92 Å². The minimum Gasteiger partial charge on any atom is -0.384 e. The Bertz CT molecular complexity index is 1080. The molecule has 5 rings (SSSR count). The van der Waals surface area contributed by atoms with Gasteiger partial charge in [0.25, 0.3) is 0 Å². The number of carbonyl (C=O) groups is 2. The number of nitrogen functional groups attached to an aromatic ring is 1. The molecule has 0 aromatic carbocycles. The molecule has 0 bridgehead atoms. The van der Waals surface area contributed by atoms with Crippen molar-refractivity contribution in [2.45, 2.75) is 44.1 Å². The third-order valence-corrected chi connectivity index (χ3v) is 8.61. The van der Waals surface area contributed by atoms with Crippen LogP contribution in [-0.4, -0.2) is 76.8 Å². The molecule has 2 aromatic rings. The van der Waals surface area contributed by atoms with Crippen LogP contribution in [0.2, 0.25) is 0 Å². The van der Waals surface area contributed by atoms with Gasteiger partial charge in [0.2, 0.25) is 11.8 Å². The maximum absolute atomic E-state index is 13.4. The van der Waals surface area contributed by atoms with E-state index in [1.54, 1.807) is 11.1 Å². The van der Waals surface area contributed by atoms with Crippen LogP contribution in [0, 0.1) is 17.8 Å². The summed E-state index contributed by atoms with van der Waals surface area (Å²) in [7, 11) is 3.67. The smallest absolute Gasteiger partial charge is 0.226 e. The lowest BCUT2D eigenvalue weighted by atomic mass is 9.77. The number of aromatic nitrogens is 2. The molecule has 0 unspecified atom stereocenters. The Morgan fingerprint density at radius 2 is 1.78 bits per heavy atom. The van der Waals surface area contributed by atoms with Crippen LogP contribution in [-0.2, 0) is 21.5 Å². The number of nitrogens with two attached hydrogens (primary N) is 1. The predicted molar refractivity (Wildman–Crippen MR) is 139 cm³/mol. The fourth-order valence-corrected chi connectivity index (χ4v) is 6.54. The van der Waals surface area contributed by atoms with E-state index in [4.69, 9.17) is 5.73 Å². The zero-order chi connectivity index (χ0) is 25.3. The highest BCUT2D eigenvalue weighted by molar-refractivity contribution is 5.84. The maximum atomic E-state index is 13.4. The zero-order valence-electron chi connectivity index (χ0n) is 21.5. The molecule has 3 aliphatic rings. The Balaban J connectivity index is 1.16. The van der Waals surface area contributed by atoms with Crippen LogP contribution in [0.1, 0.15) is 43.4 Å². The molecule has 4 heterocycles. The molecule has 2 aromatic heterocycles. The number of hydrogen-bond donors (Lipinski definition) is 1. The van der Waals surface area contributed by atoms with Gasteiger partial charge in [-0.2, -0.15) is 0 Å². The number of pyridine rings is 2. The van der Waals surface area contributed by atoms with E-state index in [1.807, 2.05) is 44.6 Å².